The highest BCUT2D eigenvalue weighted by atomic mass is 35.5. The lowest BCUT2D eigenvalue weighted by molar-refractivity contribution is 0.00336. The Hall–Kier alpha value is -0.840. The van der Waals surface area contributed by atoms with Crippen LogP contribution in [0, 0.1) is 0 Å². The van der Waals surface area contributed by atoms with Gasteiger partial charge in [0.25, 0.3) is 0 Å². The molecule has 1 atom stereocenters. The van der Waals surface area contributed by atoms with Gasteiger partial charge in [-0.15, -0.1) is 0 Å². The van der Waals surface area contributed by atoms with E-state index in [-0.39, 0.29) is 12.7 Å². The highest BCUT2D eigenvalue weighted by Gasteiger charge is 2.20. The fourth-order valence-electron chi connectivity index (χ4n) is 1.61. The predicted octanol–water partition coefficient (Wildman–Crippen LogP) is 0.933. The van der Waals surface area contributed by atoms with Gasteiger partial charge in [-0.3, -0.25) is 0 Å². The summed E-state index contributed by atoms with van der Waals surface area (Å²) in [5.74, 6) is 0.837. The summed E-state index contributed by atoms with van der Waals surface area (Å²) in [7, 11) is 0. The van der Waals surface area contributed by atoms with Gasteiger partial charge < -0.3 is 14.7 Å². The van der Waals surface area contributed by atoms with Crippen molar-refractivity contribution in [3.8, 4) is 0 Å². The van der Waals surface area contributed by atoms with Gasteiger partial charge in [0.05, 0.1) is 19.3 Å². The molecule has 1 aliphatic heterocycles. The predicted molar refractivity (Wildman–Crippen MR) is 58.3 cm³/mol. The van der Waals surface area contributed by atoms with Crippen molar-refractivity contribution < 1.29 is 9.84 Å². The zero-order valence-corrected chi connectivity index (χ0v) is 9.02. The summed E-state index contributed by atoms with van der Waals surface area (Å²) in [6, 6.07) is 5.52. The molecule has 0 aromatic carbocycles. The number of rotatable bonds is 2. The number of morpholine rings is 1. The van der Waals surface area contributed by atoms with E-state index in [0.29, 0.717) is 18.3 Å². The first-order chi connectivity index (χ1) is 7.29. The van der Waals surface area contributed by atoms with E-state index >= 15 is 0 Å². The maximum atomic E-state index is 9.01. The quantitative estimate of drug-likeness (QED) is 0.766. The molecule has 0 saturated carbocycles. The van der Waals surface area contributed by atoms with Crippen molar-refractivity contribution in [1.82, 2.24) is 4.98 Å². The van der Waals surface area contributed by atoms with E-state index in [2.05, 4.69) is 9.88 Å². The molecule has 1 aliphatic rings. The Morgan fingerprint density at radius 1 is 1.60 bits per heavy atom. The lowest BCUT2D eigenvalue weighted by Crippen LogP contribution is -2.44. The third kappa shape index (κ3) is 2.59. The number of nitrogens with zero attached hydrogens (tertiary/aromatic N) is 2. The second-order valence-corrected chi connectivity index (χ2v) is 3.83. The second kappa shape index (κ2) is 4.79. The van der Waals surface area contributed by atoms with Gasteiger partial charge in [0.15, 0.2) is 0 Å². The van der Waals surface area contributed by atoms with Crippen LogP contribution in [-0.2, 0) is 4.74 Å². The fourth-order valence-corrected chi connectivity index (χ4v) is 1.77. The SMILES string of the molecule is OCC1CN(c2cccc(Cl)n2)CCO1. The number of halogens is 1. The third-order valence-electron chi connectivity index (χ3n) is 2.37. The first-order valence-electron chi connectivity index (χ1n) is 4.89. The molecule has 1 fully saturated rings. The molecule has 5 heteroatoms. The highest BCUT2D eigenvalue weighted by molar-refractivity contribution is 6.29. The normalized spacial score (nSPS) is 21.7. The number of ether oxygens (including phenoxy) is 1. The van der Waals surface area contributed by atoms with Gasteiger partial charge in [-0.1, -0.05) is 17.7 Å². The van der Waals surface area contributed by atoms with E-state index in [1.807, 2.05) is 12.1 Å². The molecule has 15 heavy (non-hydrogen) atoms. The molecule has 1 aromatic heterocycles. The molecule has 1 N–H and O–H groups in total. The maximum absolute atomic E-state index is 9.01. The highest BCUT2D eigenvalue weighted by Crippen LogP contribution is 2.17. The molecular formula is C10H13ClN2O2. The Balaban J connectivity index is 2.09. The Bertz CT molecular complexity index is 335. The molecule has 0 radical (unpaired) electrons. The van der Waals surface area contributed by atoms with Crippen LogP contribution in [-0.4, -0.2) is 42.5 Å². The van der Waals surface area contributed by atoms with Crippen LogP contribution >= 0.6 is 11.6 Å². The number of aliphatic hydroxyl groups is 1. The zero-order valence-electron chi connectivity index (χ0n) is 8.27. The van der Waals surface area contributed by atoms with Crippen molar-refractivity contribution in [2.75, 3.05) is 31.2 Å². The molecule has 2 rings (SSSR count). The summed E-state index contributed by atoms with van der Waals surface area (Å²) in [4.78, 5) is 6.29. The molecule has 82 valence electrons. The smallest absolute Gasteiger partial charge is 0.131 e. The minimum Gasteiger partial charge on any atom is -0.394 e. The van der Waals surface area contributed by atoms with Crippen molar-refractivity contribution in [1.29, 1.82) is 0 Å². The van der Waals surface area contributed by atoms with Crippen LogP contribution in [0.25, 0.3) is 0 Å². The monoisotopic (exact) mass is 228 g/mol. The van der Waals surface area contributed by atoms with Gasteiger partial charge in [-0.2, -0.15) is 0 Å². The standard InChI is InChI=1S/C10H13ClN2O2/c11-9-2-1-3-10(12-9)13-4-5-15-8(6-13)7-14/h1-3,8,14H,4-7H2. The van der Waals surface area contributed by atoms with Gasteiger partial charge in [-0.25, -0.2) is 4.98 Å². The molecule has 0 bridgehead atoms. The summed E-state index contributed by atoms with van der Waals surface area (Å²) in [5, 5.41) is 9.50. The molecule has 1 aromatic rings. The first-order valence-corrected chi connectivity index (χ1v) is 5.27. The Morgan fingerprint density at radius 3 is 3.20 bits per heavy atom. The topological polar surface area (TPSA) is 45.6 Å². The first kappa shape index (κ1) is 10.7. The maximum Gasteiger partial charge on any atom is 0.131 e. The molecule has 2 heterocycles. The van der Waals surface area contributed by atoms with Crippen molar-refractivity contribution in [3.63, 3.8) is 0 Å². The second-order valence-electron chi connectivity index (χ2n) is 3.44. The average Bonchev–Trinajstić information content (AvgIpc) is 2.29. The van der Waals surface area contributed by atoms with E-state index in [1.165, 1.54) is 0 Å². The number of aliphatic hydroxyl groups excluding tert-OH is 1. The van der Waals surface area contributed by atoms with Gasteiger partial charge in [0.1, 0.15) is 11.0 Å². The molecular weight excluding hydrogens is 216 g/mol. The molecule has 1 unspecified atom stereocenters. The number of hydrogen-bond acceptors (Lipinski definition) is 4. The van der Waals surface area contributed by atoms with Gasteiger partial charge >= 0.3 is 0 Å². The molecule has 0 amide bonds. The summed E-state index contributed by atoms with van der Waals surface area (Å²) < 4.78 is 5.36. The van der Waals surface area contributed by atoms with Gasteiger partial charge in [0.2, 0.25) is 0 Å². The lowest BCUT2D eigenvalue weighted by atomic mass is 10.3. The van der Waals surface area contributed by atoms with E-state index in [0.717, 1.165) is 12.4 Å². The minimum absolute atomic E-state index is 0.0388. The van der Waals surface area contributed by atoms with Crippen LogP contribution < -0.4 is 4.90 Å². The van der Waals surface area contributed by atoms with E-state index < -0.39 is 0 Å². The number of hydrogen-bond donors (Lipinski definition) is 1. The Morgan fingerprint density at radius 2 is 2.47 bits per heavy atom. The van der Waals surface area contributed by atoms with Crippen LogP contribution in [0.2, 0.25) is 5.15 Å². The number of pyridine rings is 1. The average molecular weight is 229 g/mol. The molecule has 0 aliphatic carbocycles. The van der Waals surface area contributed by atoms with Gasteiger partial charge in [0, 0.05) is 13.1 Å². The lowest BCUT2D eigenvalue weighted by Gasteiger charge is -2.32. The number of aromatic nitrogens is 1. The van der Waals surface area contributed by atoms with E-state index in [4.69, 9.17) is 21.4 Å². The summed E-state index contributed by atoms with van der Waals surface area (Å²) in [6.07, 6.45) is -0.125. The zero-order chi connectivity index (χ0) is 10.7. The van der Waals surface area contributed by atoms with Crippen LogP contribution in [0.3, 0.4) is 0 Å². The fraction of sp³-hybridized carbons (Fsp3) is 0.500. The van der Waals surface area contributed by atoms with Gasteiger partial charge in [-0.05, 0) is 12.1 Å². The minimum atomic E-state index is -0.125. The van der Waals surface area contributed by atoms with Crippen molar-refractivity contribution in [2.24, 2.45) is 0 Å². The largest absolute Gasteiger partial charge is 0.394 e. The van der Waals surface area contributed by atoms with Crippen LogP contribution in [0.4, 0.5) is 5.82 Å². The Labute approximate surface area is 93.4 Å². The summed E-state index contributed by atoms with van der Waals surface area (Å²) in [6.45, 7) is 2.09. The van der Waals surface area contributed by atoms with Crippen molar-refractivity contribution >= 4 is 17.4 Å². The Kier molecular flexibility index (Phi) is 3.41. The molecule has 4 nitrogen and oxygen atoms in total. The third-order valence-corrected chi connectivity index (χ3v) is 2.58. The van der Waals surface area contributed by atoms with Crippen molar-refractivity contribution in [3.05, 3.63) is 23.4 Å². The molecule has 1 saturated heterocycles. The van der Waals surface area contributed by atoms with Crippen LogP contribution in [0.1, 0.15) is 0 Å². The number of anilines is 1. The van der Waals surface area contributed by atoms with Crippen LogP contribution in [0.15, 0.2) is 18.2 Å². The van der Waals surface area contributed by atoms with Crippen molar-refractivity contribution in [2.45, 2.75) is 6.10 Å². The van der Waals surface area contributed by atoms with Crippen LogP contribution in [0.5, 0.6) is 0 Å². The summed E-state index contributed by atoms with van der Waals surface area (Å²) >= 11 is 5.82. The van der Waals surface area contributed by atoms with E-state index in [9.17, 15) is 0 Å². The molecule has 0 spiro atoms. The van der Waals surface area contributed by atoms with E-state index in [1.54, 1.807) is 6.07 Å². The summed E-state index contributed by atoms with van der Waals surface area (Å²) in [5.41, 5.74) is 0.